The van der Waals surface area contributed by atoms with E-state index in [1.807, 2.05) is 0 Å². The molecule has 1 aliphatic heterocycles. The summed E-state index contributed by atoms with van der Waals surface area (Å²) in [6, 6.07) is 9.03. The van der Waals surface area contributed by atoms with Crippen LogP contribution in [0, 0.1) is 0 Å². The number of hydrogen-bond donors (Lipinski definition) is 1. The molecule has 0 aromatic heterocycles. The summed E-state index contributed by atoms with van der Waals surface area (Å²) in [6.45, 7) is 6.76. The fourth-order valence-corrected chi connectivity index (χ4v) is 2.52. The second kappa shape index (κ2) is 6.03. The van der Waals surface area contributed by atoms with Crippen LogP contribution in [0.2, 0.25) is 0 Å². The van der Waals surface area contributed by atoms with Crippen LogP contribution in [0.1, 0.15) is 24.9 Å². The van der Waals surface area contributed by atoms with Crippen LogP contribution in [0.5, 0.6) is 5.75 Å². The number of methoxy groups -OCH3 is 1. The highest BCUT2D eigenvalue weighted by atomic mass is 16.5. The molecule has 1 aromatic carbocycles. The zero-order chi connectivity index (χ0) is 12.1. The van der Waals surface area contributed by atoms with Gasteiger partial charge in [0.2, 0.25) is 0 Å². The first-order chi connectivity index (χ1) is 8.35. The Hall–Kier alpha value is -1.06. The van der Waals surface area contributed by atoms with E-state index in [9.17, 15) is 0 Å². The smallest absolute Gasteiger partial charge is 0.118 e. The van der Waals surface area contributed by atoms with Gasteiger partial charge in [0, 0.05) is 32.2 Å². The minimum atomic E-state index is 0.544. The summed E-state index contributed by atoms with van der Waals surface area (Å²) in [6.07, 6.45) is 1.16. The van der Waals surface area contributed by atoms with Gasteiger partial charge in [-0.25, -0.2) is 0 Å². The number of nitrogens with zero attached hydrogens (tertiary/aromatic N) is 1. The standard InChI is InChI=1S/C14H22N2O/c1-3-14(16-10-8-15-9-11-16)12-4-6-13(17-2)7-5-12/h4-7,14-15H,3,8-11H2,1-2H3. The first-order valence-electron chi connectivity index (χ1n) is 6.44. The average molecular weight is 234 g/mol. The molecule has 1 aromatic rings. The van der Waals surface area contributed by atoms with Crippen molar-refractivity contribution < 1.29 is 4.74 Å². The van der Waals surface area contributed by atoms with Crippen molar-refractivity contribution in [3.05, 3.63) is 29.8 Å². The van der Waals surface area contributed by atoms with Gasteiger partial charge in [0.25, 0.3) is 0 Å². The maximum atomic E-state index is 5.20. The van der Waals surface area contributed by atoms with E-state index in [1.54, 1.807) is 7.11 Å². The molecule has 2 rings (SSSR count). The third kappa shape index (κ3) is 2.99. The zero-order valence-corrected chi connectivity index (χ0v) is 10.8. The highest BCUT2D eigenvalue weighted by Crippen LogP contribution is 2.26. The van der Waals surface area contributed by atoms with Crippen molar-refractivity contribution in [2.24, 2.45) is 0 Å². The van der Waals surface area contributed by atoms with Crippen LogP contribution >= 0.6 is 0 Å². The third-order valence-corrected chi connectivity index (χ3v) is 3.48. The Balaban J connectivity index is 2.10. The molecule has 0 bridgehead atoms. The Morgan fingerprint density at radius 1 is 1.24 bits per heavy atom. The molecule has 1 aliphatic rings. The topological polar surface area (TPSA) is 24.5 Å². The zero-order valence-electron chi connectivity index (χ0n) is 10.8. The van der Waals surface area contributed by atoms with Crippen LogP contribution in [-0.4, -0.2) is 38.2 Å². The van der Waals surface area contributed by atoms with Gasteiger partial charge in [-0.05, 0) is 24.1 Å². The van der Waals surface area contributed by atoms with Gasteiger partial charge in [-0.3, -0.25) is 4.90 Å². The molecule has 1 heterocycles. The molecule has 1 fully saturated rings. The molecule has 0 spiro atoms. The van der Waals surface area contributed by atoms with Gasteiger partial charge in [-0.15, -0.1) is 0 Å². The van der Waals surface area contributed by atoms with Gasteiger partial charge < -0.3 is 10.1 Å². The van der Waals surface area contributed by atoms with Gasteiger partial charge in [-0.1, -0.05) is 19.1 Å². The lowest BCUT2D eigenvalue weighted by molar-refractivity contribution is 0.169. The highest BCUT2D eigenvalue weighted by molar-refractivity contribution is 5.29. The van der Waals surface area contributed by atoms with Gasteiger partial charge in [0.15, 0.2) is 0 Å². The lowest BCUT2D eigenvalue weighted by Crippen LogP contribution is -2.45. The summed E-state index contributed by atoms with van der Waals surface area (Å²) < 4.78 is 5.20. The predicted octanol–water partition coefficient (Wildman–Crippen LogP) is 2.05. The third-order valence-electron chi connectivity index (χ3n) is 3.48. The van der Waals surface area contributed by atoms with Crippen LogP contribution < -0.4 is 10.1 Å². The van der Waals surface area contributed by atoms with Crippen LogP contribution in [0.15, 0.2) is 24.3 Å². The van der Waals surface area contributed by atoms with E-state index in [4.69, 9.17) is 4.74 Å². The molecule has 1 atom stereocenters. The molecule has 3 heteroatoms. The summed E-state index contributed by atoms with van der Waals surface area (Å²) in [7, 11) is 1.71. The van der Waals surface area contributed by atoms with E-state index in [-0.39, 0.29) is 0 Å². The average Bonchev–Trinajstić information content (AvgIpc) is 2.42. The number of nitrogens with one attached hydrogen (secondary N) is 1. The second-order valence-corrected chi connectivity index (χ2v) is 4.48. The van der Waals surface area contributed by atoms with Crippen molar-refractivity contribution in [1.82, 2.24) is 10.2 Å². The number of ether oxygens (including phenoxy) is 1. The first-order valence-corrected chi connectivity index (χ1v) is 6.44. The van der Waals surface area contributed by atoms with Crippen molar-refractivity contribution in [3.8, 4) is 5.75 Å². The lowest BCUT2D eigenvalue weighted by Gasteiger charge is -2.34. The maximum Gasteiger partial charge on any atom is 0.118 e. The Morgan fingerprint density at radius 3 is 2.41 bits per heavy atom. The van der Waals surface area contributed by atoms with Crippen molar-refractivity contribution in [2.45, 2.75) is 19.4 Å². The quantitative estimate of drug-likeness (QED) is 0.863. The number of hydrogen-bond acceptors (Lipinski definition) is 3. The van der Waals surface area contributed by atoms with E-state index < -0.39 is 0 Å². The normalized spacial score (nSPS) is 18.9. The molecule has 94 valence electrons. The summed E-state index contributed by atoms with van der Waals surface area (Å²) in [4.78, 5) is 2.57. The maximum absolute atomic E-state index is 5.20. The van der Waals surface area contributed by atoms with Crippen molar-refractivity contribution in [3.63, 3.8) is 0 Å². The Morgan fingerprint density at radius 2 is 1.88 bits per heavy atom. The number of benzene rings is 1. The Kier molecular flexibility index (Phi) is 4.40. The van der Waals surface area contributed by atoms with Gasteiger partial charge >= 0.3 is 0 Å². The monoisotopic (exact) mass is 234 g/mol. The Bertz CT molecular complexity index is 331. The summed E-state index contributed by atoms with van der Waals surface area (Å²) in [5.41, 5.74) is 1.40. The molecule has 17 heavy (non-hydrogen) atoms. The van der Waals surface area contributed by atoms with E-state index in [1.165, 1.54) is 5.56 Å². The summed E-state index contributed by atoms with van der Waals surface area (Å²) in [5, 5.41) is 3.40. The molecule has 0 amide bonds. The van der Waals surface area contributed by atoms with Crippen LogP contribution in [0.3, 0.4) is 0 Å². The second-order valence-electron chi connectivity index (χ2n) is 4.48. The Labute approximate surface area is 104 Å². The van der Waals surface area contributed by atoms with Crippen LogP contribution in [-0.2, 0) is 0 Å². The number of piperazine rings is 1. The van der Waals surface area contributed by atoms with Crippen molar-refractivity contribution in [1.29, 1.82) is 0 Å². The summed E-state index contributed by atoms with van der Waals surface area (Å²) >= 11 is 0. The SMILES string of the molecule is CCC(c1ccc(OC)cc1)N1CCNCC1. The minimum Gasteiger partial charge on any atom is -0.497 e. The predicted molar refractivity (Wildman–Crippen MR) is 70.5 cm³/mol. The van der Waals surface area contributed by atoms with Gasteiger partial charge in [-0.2, -0.15) is 0 Å². The van der Waals surface area contributed by atoms with E-state index in [0.717, 1.165) is 38.3 Å². The minimum absolute atomic E-state index is 0.544. The van der Waals surface area contributed by atoms with Gasteiger partial charge in [0.05, 0.1) is 7.11 Å². The molecular weight excluding hydrogens is 212 g/mol. The highest BCUT2D eigenvalue weighted by Gasteiger charge is 2.20. The fourth-order valence-electron chi connectivity index (χ4n) is 2.52. The van der Waals surface area contributed by atoms with Crippen molar-refractivity contribution >= 4 is 0 Å². The molecule has 1 unspecified atom stereocenters. The summed E-state index contributed by atoms with van der Waals surface area (Å²) in [5.74, 6) is 0.934. The molecule has 0 aliphatic carbocycles. The van der Waals surface area contributed by atoms with Crippen LogP contribution in [0.25, 0.3) is 0 Å². The molecule has 3 nitrogen and oxygen atoms in total. The largest absolute Gasteiger partial charge is 0.497 e. The molecule has 1 N–H and O–H groups in total. The molecular formula is C14H22N2O. The lowest BCUT2D eigenvalue weighted by atomic mass is 10.0. The first kappa shape index (κ1) is 12.4. The molecule has 1 saturated heterocycles. The molecule has 0 saturated carbocycles. The molecule has 0 radical (unpaired) electrons. The van der Waals surface area contributed by atoms with E-state index in [0.29, 0.717) is 6.04 Å². The number of rotatable bonds is 4. The van der Waals surface area contributed by atoms with Crippen LogP contribution in [0.4, 0.5) is 0 Å². The van der Waals surface area contributed by atoms with E-state index >= 15 is 0 Å². The van der Waals surface area contributed by atoms with Gasteiger partial charge in [0.1, 0.15) is 5.75 Å². The van der Waals surface area contributed by atoms with Crippen molar-refractivity contribution in [2.75, 3.05) is 33.3 Å². The van der Waals surface area contributed by atoms with E-state index in [2.05, 4.69) is 41.4 Å². The fraction of sp³-hybridized carbons (Fsp3) is 0.571.